The lowest BCUT2D eigenvalue weighted by Gasteiger charge is -2.14. The number of carbonyl (C=O) groups is 3. The number of nitro benzene ring substituents is 1. The minimum absolute atomic E-state index is 0.0780. The van der Waals surface area contributed by atoms with Gasteiger partial charge < -0.3 is 15.7 Å². The third-order valence-corrected chi connectivity index (χ3v) is 2.58. The topological polar surface area (TPSA) is 139 Å². The summed E-state index contributed by atoms with van der Waals surface area (Å²) < 4.78 is 0. The zero-order chi connectivity index (χ0) is 16.3. The maximum atomic E-state index is 11.2. The Balaban J connectivity index is 3.72. The monoisotopic (exact) mass is 295 g/mol. The lowest BCUT2D eigenvalue weighted by atomic mass is 10.0. The molecule has 0 heterocycles. The number of anilines is 2. The van der Waals surface area contributed by atoms with Gasteiger partial charge in [0.15, 0.2) is 0 Å². The molecule has 0 atom stereocenters. The molecule has 0 aliphatic rings. The standard InChI is InChI=1S/C12H13N3O6/c1-5-9(13-6(2)16)4-8(12(18)19)11(15(20)21)10(5)14-7(3)17/h4H,1-3H3,(H,13,16)(H,14,17)(H,18,19). The van der Waals surface area contributed by atoms with E-state index < -0.39 is 34.0 Å². The Bertz CT molecular complexity index is 653. The summed E-state index contributed by atoms with van der Waals surface area (Å²) in [5.41, 5.74) is -1.34. The average molecular weight is 295 g/mol. The molecule has 2 amide bonds. The Labute approximate surface area is 119 Å². The van der Waals surface area contributed by atoms with Crippen LogP contribution in [0.5, 0.6) is 0 Å². The van der Waals surface area contributed by atoms with E-state index in [1.165, 1.54) is 13.8 Å². The molecule has 0 bridgehead atoms. The first-order valence-corrected chi connectivity index (χ1v) is 5.75. The molecule has 0 radical (unpaired) electrons. The zero-order valence-corrected chi connectivity index (χ0v) is 11.5. The SMILES string of the molecule is CC(=O)Nc1cc(C(=O)O)c([N+](=O)[O-])c(NC(C)=O)c1C. The van der Waals surface area contributed by atoms with E-state index in [0.717, 1.165) is 13.0 Å². The summed E-state index contributed by atoms with van der Waals surface area (Å²) in [7, 11) is 0. The summed E-state index contributed by atoms with van der Waals surface area (Å²) in [5.74, 6) is -2.62. The number of amides is 2. The smallest absolute Gasteiger partial charge is 0.342 e. The Morgan fingerprint density at radius 2 is 1.71 bits per heavy atom. The van der Waals surface area contributed by atoms with E-state index in [-0.39, 0.29) is 16.9 Å². The van der Waals surface area contributed by atoms with E-state index in [2.05, 4.69) is 10.6 Å². The molecule has 0 aromatic heterocycles. The van der Waals surface area contributed by atoms with Crippen LogP contribution < -0.4 is 10.6 Å². The predicted molar refractivity (Wildman–Crippen MR) is 73.4 cm³/mol. The van der Waals surface area contributed by atoms with Gasteiger partial charge in [-0.05, 0) is 13.0 Å². The first-order valence-electron chi connectivity index (χ1n) is 5.75. The minimum Gasteiger partial charge on any atom is -0.477 e. The van der Waals surface area contributed by atoms with Crippen LogP contribution in [0.1, 0.15) is 29.8 Å². The van der Waals surface area contributed by atoms with Crippen LogP contribution in [0.15, 0.2) is 6.07 Å². The quantitative estimate of drug-likeness (QED) is 0.568. The van der Waals surface area contributed by atoms with Crippen LogP contribution in [0, 0.1) is 17.0 Å². The fourth-order valence-corrected chi connectivity index (χ4v) is 1.77. The van der Waals surface area contributed by atoms with Gasteiger partial charge in [0.25, 0.3) is 0 Å². The molecular formula is C12H13N3O6. The van der Waals surface area contributed by atoms with Gasteiger partial charge in [-0.2, -0.15) is 0 Å². The lowest BCUT2D eigenvalue weighted by Crippen LogP contribution is -2.16. The molecule has 3 N–H and O–H groups in total. The normalized spacial score (nSPS) is 9.86. The molecule has 0 unspecified atom stereocenters. The van der Waals surface area contributed by atoms with E-state index in [1.54, 1.807) is 0 Å². The number of carbonyl (C=O) groups excluding carboxylic acids is 2. The van der Waals surface area contributed by atoms with Gasteiger partial charge in [-0.1, -0.05) is 0 Å². The summed E-state index contributed by atoms with van der Waals surface area (Å²) in [5, 5.41) is 24.8. The van der Waals surface area contributed by atoms with Gasteiger partial charge in [-0.15, -0.1) is 0 Å². The van der Waals surface area contributed by atoms with Crippen LogP contribution in [0.4, 0.5) is 17.1 Å². The van der Waals surface area contributed by atoms with Gasteiger partial charge in [0.05, 0.1) is 4.92 Å². The van der Waals surface area contributed by atoms with E-state index in [0.29, 0.717) is 0 Å². The molecule has 112 valence electrons. The number of aromatic carboxylic acids is 1. The summed E-state index contributed by atoms with van der Waals surface area (Å²) >= 11 is 0. The average Bonchev–Trinajstić information content (AvgIpc) is 2.31. The van der Waals surface area contributed by atoms with Gasteiger partial charge in [0.2, 0.25) is 11.8 Å². The van der Waals surface area contributed by atoms with Crippen molar-refractivity contribution in [1.29, 1.82) is 0 Å². The number of nitro groups is 1. The predicted octanol–water partition coefficient (Wildman–Crippen LogP) is 1.52. The summed E-state index contributed by atoms with van der Waals surface area (Å²) in [6, 6.07) is 0.989. The third-order valence-electron chi connectivity index (χ3n) is 2.58. The lowest BCUT2D eigenvalue weighted by molar-refractivity contribution is -0.384. The fraction of sp³-hybridized carbons (Fsp3) is 0.250. The van der Waals surface area contributed by atoms with Gasteiger partial charge in [-0.3, -0.25) is 19.7 Å². The van der Waals surface area contributed by atoms with Crippen molar-refractivity contribution in [3.05, 3.63) is 27.3 Å². The molecule has 1 aromatic rings. The van der Waals surface area contributed by atoms with Crippen LogP contribution >= 0.6 is 0 Å². The molecule has 0 fully saturated rings. The second-order valence-corrected chi connectivity index (χ2v) is 4.24. The van der Waals surface area contributed by atoms with Crippen molar-refractivity contribution in [2.24, 2.45) is 0 Å². The van der Waals surface area contributed by atoms with E-state index in [9.17, 15) is 24.5 Å². The Morgan fingerprint density at radius 3 is 2.10 bits per heavy atom. The first kappa shape index (κ1) is 16.1. The van der Waals surface area contributed by atoms with Crippen molar-refractivity contribution in [3.63, 3.8) is 0 Å². The molecule has 0 aliphatic carbocycles. The second kappa shape index (κ2) is 5.99. The highest BCUT2D eigenvalue weighted by Gasteiger charge is 2.29. The number of hydrogen-bond donors (Lipinski definition) is 3. The number of nitrogens with zero attached hydrogens (tertiary/aromatic N) is 1. The second-order valence-electron chi connectivity index (χ2n) is 4.24. The highest BCUT2D eigenvalue weighted by molar-refractivity contribution is 6.04. The van der Waals surface area contributed by atoms with Gasteiger partial charge in [0.1, 0.15) is 11.3 Å². The number of benzene rings is 1. The number of nitrogens with one attached hydrogen (secondary N) is 2. The third kappa shape index (κ3) is 3.53. The highest BCUT2D eigenvalue weighted by atomic mass is 16.6. The Kier molecular flexibility index (Phi) is 4.59. The fourth-order valence-electron chi connectivity index (χ4n) is 1.77. The number of carboxylic acid groups (broad SMARTS) is 1. The van der Waals surface area contributed by atoms with Crippen molar-refractivity contribution < 1.29 is 24.4 Å². The van der Waals surface area contributed by atoms with Crippen LogP contribution in [0.25, 0.3) is 0 Å². The van der Waals surface area contributed by atoms with Gasteiger partial charge >= 0.3 is 11.7 Å². The van der Waals surface area contributed by atoms with Crippen molar-refractivity contribution in [3.8, 4) is 0 Å². The van der Waals surface area contributed by atoms with E-state index in [1.807, 2.05) is 0 Å². The van der Waals surface area contributed by atoms with Crippen LogP contribution in [-0.4, -0.2) is 27.8 Å². The first-order chi connectivity index (χ1) is 9.65. The molecular weight excluding hydrogens is 282 g/mol. The maximum Gasteiger partial charge on any atom is 0.342 e. The van der Waals surface area contributed by atoms with Crippen LogP contribution in [0.2, 0.25) is 0 Å². The molecule has 9 heteroatoms. The van der Waals surface area contributed by atoms with Crippen molar-refractivity contribution in [2.45, 2.75) is 20.8 Å². The molecule has 1 aromatic carbocycles. The molecule has 0 spiro atoms. The molecule has 1 rings (SSSR count). The molecule has 0 saturated carbocycles. The van der Waals surface area contributed by atoms with Crippen LogP contribution in [-0.2, 0) is 9.59 Å². The van der Waals surface area contributed by atoms with E-state index >= 15 is 0 Å². The number of carboxylic acids is 1. The maximum absolute atomic E-state index is 11.2. The minimum atomic E-state index is -1.54. The van der Waals surface area contributed by atoms with Gasteiger partial charge in [0, 0.05) is 25.1 Å². The number of rotatable bonds is 4. The molecule has 9 nitrogen and oxygen atoms in total. The Hall–Kier alpha value is -2.97. The summed E-state index contributed by atoms with van der Waals surface area (Å²) in [4.78, 5) is 43.7. The van der Waals surface area contributed by atoms with Crippen molar-refractivity contribution in [1.82, 2.24) is 0 Å². The molecule has 21 heavy (non-hydrogen) atoms. The van der Waals surface area contributed by atoms with E-state index in [4.69, 9.17) is 5.11 Å². The summed E-state index contributed by atoms with van der Waals surface area (Å²) in [6.07, 6.45) is 0. The van der Waals surface area contributed by atoms with Gasteiger partial charge in [-0.25, -0.2) is 4.79 Å². The van der Waals surface area contributed by atoms with Crippen molar-refractivity contribution >= 4 is 34.8 Å². The number of hydrogen-bond acceptors (Lipinski definition) is 5. The zero-order valence-electron chi connectivity index (χ0n) is 11.5. The Morgan fingerprint density at radius 1 is 1.19 bits per heavy atom. The van der Waals surface area contributed by atoms with Crippen LogP contribution in [0.3, 0.4) is 0 Å². The molecule has 0 saturated heterocycles. The summed E-state index contributed by atoms with van der Waals surface area (Å²) in [6.45, 7) is 3.77. The van der Waals surface area contributed by atoms with Crippen molar-refractivity contribution in [2.75, 3.05) is 10.6 Å². The highest BCUT2D eigenvalue weighted by Crippen LogP contribution is 2.37. The molecule has 0 aliphatic heterocycles. The largest absolute Gasteiger partial charge is 0.477 e.